The fraction of sp³-hybridized carbons (Fsp3) is 0.111. The van der Waals surface area contributed by atoms with Crippen molar-refractivity contribution in [1.29, 1.82) is 0 Å². The normalized spacial score (nSPS) is 10.8. The number of ether oxygens (including phenoxy) is 1. The van der Waals surface area contributed by atoms with Gasteiger partial charge < -0.3 is 10.1 Å². The lowest BCUT2D eigenvalue weighted by atomic mass is 10.1. The average molecular weight is 335 g/mol. The van der Waals surface area contributed by atoms with E-state index in [1.165, 1.54) is 17.1 Å². The summed E-state index contributed by atoms with van der Waals surface area (Å²) < 4.78 is 6.84. The highest BCUT2D eigenvalue weighted by molar-refractivity contribution is 6.02. The number of aryl methyl sites for hydroxylation is 1. The van der Waals surface area contributed by atoms with Gasteiger partial charge in [0.15, 0.2) is 0 Å². The zero-order valence-electron chi connectivity index (χ0n) is 13.9. The number of carbonyl (C=O) groups excluding carboxylic acids is 1. The largest absolute Gasteiger partial charge is 0.496 e. The highest BCUT2D eigenvalue weighted by Gasteiger charge is 2.03. The summed E-state index contributed by atoms with van der Waals surface area (Å²) in [5.74, 6) is 0.499. The molecule has 0 spiro atoms. The van der Waals surface area contributed by atoms with Crippen molar-refractivity contribution in [2.75, 3.05) is 12.4 Å². The first-order valence-corrected chi connectivity index (χ1v) is 7.63. The Kier molecular flexibility index (Phi) is 4.84. The van der Waals surface area contributed by atoms with E-state index >= 15 is 0 Å². The number of aromatic nitrogens is 4. The molecule has 1 aromatic heterocycles. The molecule has 0 bridgehead atoms. The molecule has 2 aromatic carbocycles. The number of nitrogens with zero attached hydrogens (tertiary/aromatic N) is 4. The summed E-state index contributed by atoms with van der Waals surface area (Å²) in [5.41, 5.74) is 3.44. The molecule has 1 N–H and O–H groups in total. The van der Waals surface area contributed by atoms with Crippen LogP contribution in [0.1, 0.15) is 11.1 Å². The summed E-state index contributed by atoms with van der Waals surface area (Å²) in [4.78, 5) is 12.1. The van der Waals surface area contributed by atoms with Crippen LogP contribution in [0.2, 0.25) is 0 Å². The maximum absolute atomic E-state index is 12.1. The van der Waals surface area contributed by atoms with E-state index in [0.717, 1.165) is 22.6 Å². The van der Waals surface area contributed by atoms with Gasteiger partial charge in [-0.25, -0.2) is 4.68 Å². The Morgan fingerprint density at radius 1 is 1.20 bits per heavy atom. The van der Waals surface area contributed by atoms with Crippen molar-refractivity contribution in [3.8, 4) is 11.4 Å². The van der Waals surface area contributed by atoms with E-state index in [1.54, 1.807) is 25.3 Å². The molecule has 0 saturated heterocycles. The van der Waals surface area contributed by atoms with E-state index in [9.17, 15) is 4.79 Å². The fourth-order valence-electron chi connectivity index (χ4n) is 2.31. The molecule has 25 heavy (non-hydrogen) atoms. The molecule has 7 heteroatoms. The molecule has 126 valence electrons. The first-order chi connectivity index (χ1) is 12.2. The summed E-state index contributed by atoms with van der Waals surface area (Å²) in [7, 11) is 1.61. The lowest BCUT2D eigenvalue weighted by Gasteiger charge is -2.06. The topological polar surface area (TPSA) is 81.9 Å². The summed E-state index contributed by atoms with van der Waals surface area (Å²) in [6.07, 6.45) is 4.72. The van der Waals surface area contributed by atoms with Gasteiger partial charge >= 0.3 is 0 Å². The second kappa shape index (κ2) is 7.39. The number of methoxy groups -OCH3 is 1. The van der Waals surface area contributed by atoms with Gasteiger partial charge in [0.25, 0.3) is 0 Å². The van der Waals surface area contributed by atoms with Crippen LogP contribution < -0.4 is 10.1 Å². The van der Waals surface area contributed by atoms with Gasteiger partial charge in [-0.3, -0.25) is 4.79 Å². The van der Waals surface area contributed by atoms with Crippen molar-refractivity contribution in [2.45, 2.75) is 6.92 Å². The molecule has 0 saturated carbocycles. The zero-order valence-corrected chi connectivity index (χ0v) is 13.9. The molecule has 3 aromatic rings. The SMILES string of the molecule is COc1ccc(C)cc1/C=C/C(=O)Nc1ccc(-n2cnnn2)cc1. The molecule has 3 rings (SSSR count). The van der Waals surface area contributed by atoms with Gasteiger partial charge in [-0.2, -0.15) is 0 Å². The number of anilines is 1. The van der Waals surface area contributed by atoms with E-state index in [2.05, 4.69) is 20.8 Å². The Hall–Kier alpha value is -3.48. The molecule has 0 atom stereocenters. The van der Waals surface area contributed by atoms with Crippen LogP contribution in [0.15, 0.2) is 54.9 Å². The minimum absolute atomic E-state index is 0.223. The summed E-state index contributed by atoms with van der Waals surface area (Å²) in [5, 5.41) is 13.8. The molecule has 0 unspecified atom stereocenters. The number of carbonyl (C=O) groups is 1. The first kappa shape index (κ1) is 16.4. The quantitative estimate of drug-likeness (QED) is 0.725. The lowest BCUT2D eigenvalue weighted by Crippen LogP contribution is -2.07. The second-order valence-electron chi connectivity index (χ2n) is 5.37. The van der Waals surface area contributed by atoms with Crippen molar-refractivity contribution in [3.63, 3.8) is 0 Å². The summed E-state index contributed by atoms with van der Waals surface area (Å²) in [6.45, 7) is 1.99. The van der Waals surface area contributed by atoms with Crippen molar-refractivity contribution >= 4 is 17.7 Å². The monoisotopic (exact) mass is 335 g/mol. The molecular formula is C18H17N5O2. The van der Waals surface area contributed by atoms with Crippen LogP contribution in [0, 0.1) is 6.92 Å². The average Bonchev–Trinajstić information content (AvgIpc) is 3.15. The van der Waals surface area contributed by atoms with E-state index in [1.807, 2.05) is 37.3 Å². The first-order valence-electron chi connectivity index (χ1n) is 7.63. The van der Waals surface area contributed by atoms with Crippen molar-refractivity contribution in [2.24, 2.45) is 0 Å². The van der Waals surface area contributed by atoms with Gasteiger partial charge in [-0.1, -0.05) is 11.6 Å². The third kappa shape index (κ3) is 4.08. The number of amides is 1. The lowest BCUT2D eigenvalue weighted by molar-refractivity contribution is -0.111. The molecule has 0 aliphatic heterocycles. The third-order valence-electron chi connectivity index (χ3n) is 3.55. The molecule has 1 amide bonds. The maximum Gasteiger partial charge on any atom is 0.248 e. The number of hydrogen-bond acceptors (Lipinski definition) is 5. The van der Waals surface area contributed by atoms with E-state index in [0.29, 0.717) is 5.69 Å². The molecule has 1 heterocycles. The van der Waals surface area contributed by atoms with Crippen molar-refractivity contribution in [3.05, 3.63) is 66.0 Å². The Bertz CT molecular complexity index is 886. The number of hydrogen-bond donors (Lipinski definition) is 1. The second-order valence-corrected chi connectivity index (χ2v) is 5.37. The van der Waals surface area contributed by atoms with Gasteiger partial charge in [0, 0.05) is 17.3 Å². The van der Waals surface area contributed by atoms with Gasteiger partial charge in [0.2, 0.25) is 5.91 Å². The summed E-state index contributed by atoms with van der Waals surface area (Å²) in [6, 6.07) is 13.0. The Morgan fingerprint density at radius 2 is 2.00 bits per heavy atom. The van der Waals surface area contributed by atoms with Crippen molar-refractivity contribution in [1.82, 2.24) is 20.2 Å². The summed E-state index contributed by atoms with van der Waals surface area (Å²) >= 11 is 0. The van der Waals surface area contributed by atoms with E-state index in [4.69, 9.17) is 4.74 Å². The maximum atomic E-state index is 12.1. The Morgan fingerprint density at radius 3 is 2.68 bits per heavy atom. The van der Waals surface area contributed by atoms with Crippen LogP contribution in [0.3, 0.4) is 0 Å². The standard InChI is InChI=1S/C18H17N5O2/c1-13-3-9-17(25-2)14(11-13)4-10-18(24)20-15-5-7-16(8-6-15)23-12-19-21-22-23/h3-12H,1-2H3,(H,20,24)/b10-4+. The molecule has 0 aliphatic carbocycles. The molecular weight excluding hydrogens is 318 g/mol. The van der Waals surface area contributed by atoms with Gasteiger partial charge in [-0.05, 0) is 59.8 Å². The van der Waals surface area contributed by atoms with Crippen LogP contribution in [0.5, 0.6) is 5.75 Å². The number of nitrogens with one attached hydrogen (secondary N) is 1. The Balaban J connectivity index is 1.67. The van der Waals surface area contributed by atoms with E-state index < -0.39 is 0 Å². The van der Waals surface area contributed by atoms with E-state index in [-0.39, 0.29) is 5.91 Å². The number of rotatable bonds is 5. The van der Waals surface area contributed by atoms with Gasteiger partial charge in [0.05, 0.1) is 12.8 Å². The molecule has 0 fully saturated rings. The molecule has 0 radical (unpaired) electrons. The minimum atomic E-state index is -0.223. The fourth-order valence-corrected chi connectivity index (χ4v) is 2.31. The Labute approximate surface area is 144 Å². The molecule has 7 nitrogen and oxygen atoms in total. The predicted molar refractivity (Wildman–Crippen MR) is 94.5 cm³/mol. The smallest absolute Gasteiger partial charge is 0.248 e. The van der Waals surface area contributed by atoms with Gasteiger partial charge in [-0.15, -0.1) is 5.10 Å². The highest BCUT2D eigenvalue weighted by atomic mass is 16.5. The number of tetrazole rings is 1. The van der Waals surface area contributed by atoms with Crippen LogP contribution >= 0.6 is 0 Å². The van der Waals surface area contributed by atoms with Crippen LogP contribution in [0.4, 0.5) is 5.69 Å². The zero-order chi connectivity index (χ0) is 17.6. The van der Waals surface area contributed by atoms with Crippen LogP contribution in [-0.2, 0) is 4.79 Å². The van der Waals surface area contributed by atoms with Crippen LogP contribution in [0.25, 0.3) is 11.8 Å². The minimum Gasteiger partial charge on any atom is -0.496 e. The van der Waals surface area contributed by atoms with Crippen LogP contribution in [-0.4, -0.2) is 33.2 Å². The van der Waals surface area contributed by atoms with Crippen molar-refractivity contribution < 1.29 is 9.53 Å². The predicted octanol–water partition coefficient (Wildman–Crippen LogP) is 2.63. The highest BCUT2D eigenvalue weighted by Crippen LogP contribution is 2.21. The molecule has 0 aliphatic rings. The van der Waals surface area contributed by atoms with Gasteiger partial charge in [0.1, 0.15) is 12.1 Å². The number of benzene rings is 2. The third-order valence-corrected chi connectivity index (χ3v) is 3.55.